The lowest BCUT2D eigenvalue weighted by Crippen LogP contribution is -2.49. The number of nitrogens with zero attached hydrogens (tertiary/aromatic N) is 2. The molecule has 0 unspecified atom stereocenters. The van der Waals surface area contributed by atoms with Crippen molar-refractivity contribution in [3.63, 3.8) is 0 Å². The number of benzene rings is 2. The predicted octanol–water partition coefficient (Wildman–Crippen LogP) is 3.86. The number of fused-ring (bicyclic) bond motifs is 1. The molecule has 1 aliphatic heterocycles. The molecule has 2 heterocycles. The van der Waals surface area contributed by atoms with Crippen molar-refractivity contribution in [2.75, 3.05) is 18.4 Å². The molecule has 1 aromatic heterocycles. The first-order chi connectivity index (χ1) is 16.8. The first-order valence-corrected chi connectivity index (χ1v) is 13.3. The van der Waals surface area contributed by atoms with Crippen molar-refractivity contribution in [1.29, 1.82) is 0 Å². The van der Waals surface area contributed by atoms with Crippen molar-refractivity contribution >= 4 is 38.3 Å². The van der Waals surface area contributed by atoms with Gasteiger partial charge < -0.3 is 10.6 Å². The van der Waals surface area contributed by atoms with Gasteiger partial charge in [0.1, 0.15) is 0 Å². The van der Waals surface area contributed by atoms with E-state index in [4.69, 9.17) is 0 Å². The molecule has 2 N–H and O–H groups in total. The zero-order valence-electron chi connectivity index (χ0n) is 20.0. The number of rotatable bonds is 7. The molecule has 184 valence electrons. The standard InChI is InChI=1S/C26H30N4O4S/c1-3-7-25(31)30(19-13-16-27-17-14-19)35(33,34)24-12-11-23(21-8-4-5-9-22(21)24)29-26(32)20-10-6-15-28-18(20)2/h4-6,8-12,15,19,27H,3,7,13-14,16-17H2,1-2H3,(H,29,32). The fourth-order valence-corrected chi connectivity index (χ4v) is 6.39. The van der Waals surface area contributed by atoms with Crippen LogP contribution in [0.2, 0.25) is 0 Å². The summed E-state index contributed by atoms with van der Waals surface area (Å²) in [5.74, 6) is -0.710. The molecule has 3 aromatic rings. The van der Waals surface area contributed by atoms with Crippen LogP contribution in [0.3, 0.4) is 0 Å². The molecule has 2 aromatic carbocycles. The number of carbonyl (C=O) groups excluding carboxylic acids is 2. The second-order valence-corrected chi connectivity index (χ2v) is 10.5. The van der Waals surface area contributed by atoms with Gasteiger partial charge in [0.25, 0.3) is 15.9 Å². The Bertz CT molecular complexity index is 1350. The van der Waals surface area contributed by atoms with E-state index in [0.29, 0.717) is 60.1 Å². The third kappa shape index (κ3) is 5.06. The fourth-order valence-electron chi connectivity index (χ4n) is 4.52. The van der Waals surface area contributed by atoms with Gasteiger partial charge in [0, 0.05) is 34.8 Å². The van der Waals surface area contributed by atoms with E-state index in [9.17, 15) is 18.0 Å². The lowest BCUT2D eigenvalue weighted by Gasteiger charge is -2.34. The van der Waals surface area contributed by atoms with Crippen LogP contribution < -0.4 is 10.6 Å². The molecule has 4 rings (SSSR count). The van der Waals surface area contributed by atoms with Gasteiger partial charge >= 0.3 is 0 Å². The quantitative estimate of drug-likeness (QED) is 0.516. The van der Waals surface area contributed by atoms with Crippen LogP contribution in [-0.2, 0) is 14.8 Å². The summed E-state index contributed by atoms with van der Waals surface area (Å²) >= 11 is 0. The van der Waals surface area contributed by atoms with Gasteiger partial charge in [-0.15, -0.1) is 0 Å². The van der Waals surface area contributed by atoms with E-state index >= 15 is 0 Å². The molecule has 8 nitrogen and oxygen atoms in total. The summed E-state index contributed by atoms with van der Waals surface area (Å²) in [6.07, 6.45) is 3.50. The molecule has 1 saturated heterocycles. The topological polar surface area (TPSA) is 108 Å². The minimum atomic E-state index is -4.12. The summed E-state index contributed by atoms with van der Waals surface area (Å²) < 4.78 is 29.0. The van der Waals surface area contributed by atoms with Crippen LogP contribution in [0, 0.1) is 6.92 Å². The summed E-state index contributed by atoms with van der Waals surface area (Å²) in [5, 5.41) is 7.16. The number of aryl methyl sites for hydroxylation is 1. The maximum absolute atomic E-state index is 14.0. The number of amides is 2. The number of aromatic nitrogens is 1. The van der Waals surface area contributed by atoms with Crippen molar-refractivity contribution in [3.8, 4) is 0 Å². The summed E-state index contributed by atoms with van der Waals surface area (Å²) in [5.41, 5.74) is 1.53. The van der Waals surface area contributed by atoms with Crippen molar-refractivity contribution in [2.24, 2.45) is 0 Å². The molecule has 0 atom stereocenters. The van der Waals surface area contributed by atoms with Crippen LogP contribution >= 0.6 is 0 Å². The number of carbonyl (C=O) groups is 2. The normalized spacial score (nSPS) is 14.6. The summed E-state index contributed by atoms with van der Waals surface area (Å²) in [4.78, 5) is 30.2. The lowest BCUT2D eigenvalue weighted by molar-refractivity contribution is -0.128. The highest BCUT2D eigenvalue weighted by Crippen LogP contribution is 2.33. The number of anilines is 1. The van der Waals surface area contributed by atoms with E-state index < -0.39 is 10.0 Å². The monoisotopic (exact) mass is 494 g/mol. The van der Waals surface area contributed by atoms with E-state index in [0.717, 1.165) is 4.31 Å². The fraction of sp³-hybridized carbons (Fsp3) is 0.346. The SMILES string of the molecule is CCCC(=O)N(C1CCNCC1)S(=O)(=O)c1ccc(NC(=O)c2cccnc2C)c2ccccc12. The molecule has 0 bridgehead atoms. The van der Waals surface area contributed by atoms with Gasteiger partial charge in [0.2, 0.25) is 5.91 Å². The molecule has 0 saturated carbocycles. The minimum absolute atomic E-state index is 0.0617. The van der Waals surface area contributed by atoms with Crippen LogP contribution in [-0.4, -0.2) is 48.7 Å². The zero-order chi connectivity index (χ0) is 25.0. The van der Waals surface area contributed by atoms with E-state index in [2.05, 4.69) is 15.6 Å². The molecule has 9 heteroatoms. The first kappa shape index (κ1) is 24.8. The van der Waals surface area contributed by atoms with Gasteiger partial charge in [0.15, 0.2) is 0 Å². The molecule has 1 fully saturated rings. The van der Waals surface area contributed by atoms with Gasteiger partial charge in [-0.05, 0) is 63.5 Å². The first-order valence-electron chi connectivity index (χ1n) is 11.9. The Morgan fingerprint density at radius 3 is 2.46 bits per heavy atom. The van der Waals surface area contributed by atoms with Crippen LogP contribution in [0.25, 0.3) is 10.8 Å². The van der Waals surface area contributed by atoms with Gasteiger partial charge in [0.05, 0.1) is 16.5 Å². The van der Waals surface area contributed by atoms with Crippen molar-refractivity contribution in [3.05, 3.63) is 66.0 Å². The molecular weight excluding hydrogens is 464 g/mol. The van der Waals surface area contributed by atoms with Crippen molar-refractivity contribution in [2.45, 2.75) is 50.5 Å². The maximum atomic E-state index is 14.0. The predicted molar refractivity (Wildman–Crippen MR) is 136 cm³/mol. The molecule has 35 heavy (non-hydrogen) atoms. The second kappa shape index (κ2) is 10.5. The molecule has 0 radical (unpaired) electrons. The van der Waals surface area contributed by atoms with Crippen LogP contribution in [0.5, 0.6) is 0 Å². The number of sulfonamides is 1. The van der Waals surface area contributed by atoms with Crippen LogP contribution in [0.15, 0.2) is 59.6 Å². The summed E-state index contributed by atoms with van der Waals surface area (Å²) in [6, 6.07) is 13.1. The Labute approximate surface area is 205 Å². The molecule has 0 aliphatic carbocycles. The number of hydrogen-bond donors (Lipinski definition) is 2. The summed E-state index contributed by atoms with van der Waals surface area (Å²) in [7, 11) is -4.12. The average molecular weight is 495 g/mol. The highest BCUT2D eigenvalue weighted by Gasteiger charge is 2.36. The van der Waals surface area contributed by atoms with E-state index in [1.807, 2.05) is 6.92 Å². The number of pyridine rings is 1. The summed E-state index contributed by atoms with van der Waals surface area (Å²) in [6.45, 7) is 4.94. The van der Waals surface area contributed by atoms with Crippen molar-refractivity contribution in [1.82, 2.24) is 14.6 Å². The molecule has 1 aliphatic rings. The molecule has 2 amide bonds. The molecular formula is C26H30N4O4S. The zero-order valence-corrected chi connectivity index (χ0v) is 20.8. The third-order valence-corrected chi connectivity index (χ3v) is 8.20. The van der Waals surface area contributed by atoms with E-state index in [1.54, 1.807) is 55.6 Å². The number of hydrogen-bond acceptors (Lipinski definition) is 6. The van der Waals surface area contributed by atoms with Gasteiger partial charge in [-0.2, -0.15) is 0 Å². The highest BCUT2D eigenvalue weighted by atomic mass is 32.2. The third-order valence-electron chi connectivity index (χ3n) is 6.27. The Morgan fingerprint density at radius 2 is 1.77 bits per heavy atom. The van der Waals surface area contributed by atoms with Gasteiger partial charge in [-0.1, -0.05) is 31.2 Å². The van der Waals surface area contributed by atoms with Crippen LogP contribution in [0.1, 0.15) is 48.7 Å². The Morgan fingerprint density at radius 1 is 1.06 bits per heavy atom. The molecule has 0 spiro atoms. The second-order valence-electron chi connectivity index (χ2n) is 8.67. The largest absolute Gasteiger partial charge is 0.321 e. The Hall–Kier alpha value is -3.30. The maximum Gasteiger partial charge on any atom is 0.267 e. The van der Waals surface area contributed by atoms with Gasteiger partial charge in [-0.25, -0.2) is 12.7 Å². The highest BCUT2D eigenvalue weighted by molar-refractivity contribution is 7.90. The minimum Gasteiger partial charge on any atom is -0.321 e. The Balaban J connectivity index is 1.77. The number of nitrogens with one attached hydrogen (secondary N) is 2. The average Bonchev–Trinajstić information content (AvgIpc) is 2.85. The Kier molecular flexibility index (Phi) is 7.47. The van der Waals surface area contributed by atoms with E-state index in [1.165, 1.54) is 6.07 Å². The van der Waals surface area contributed by atoms with Crippen LogP contribution in [0.4, 0.5) is 5.69 Å². The van der Waals surface area contributed by atoms with E-state index in [-0.39, 0.29) is 29.2 Å². The smallest absolute Gasteiger partial charge is 0.267 e. The lowest BCUT2D eigenvalue weighted by atomic mass is 10.1. The van der Waals surface area contributed by atoms with Crippen molar-refractivity contribution < 1.29 is 18.0 Å². The van der Waals surface area contributed by atoms with Gasteiger partial charge in [-0.3, -0.25) is 14.6 Å². The number of piperidine rings is 1.